The van der Waals surface area contributed by atoms with Crippen molar-refractivity contribution < 1.29 is 9.53 Å². The maximum absolute atomic E-state index is 13.7. The largest absolute Gasteiger partial charge is 0.492 e. The number of halogens is 1. The number of benzene rings is 3. The number of hydrogen-bond acceptors (Lipinski definition) is 4. The van der Waals surface area contributed by atoms with E-state index in [2.05, 4.69) is 22.9 Å². The summed E-state index contributed by atoms with van der Waals surface area (Å²) in [5.41, 5.74) is 4.00. The van der Waals surface area contributed by atoms with E-state index < -0.39 is 0 Å². The van der Waals surface area contributed by atoms with Crippen molar-refractivity contribution in [2.75, 3.05) is 6.61 Å². The lowest BCUT2D eigenvalue weighted by Gasteiger charge is -2.22. The number of nitrogens with zero attached hydrogens (tertiary/aromatic N) is 3. The summed E-state index contributed by atoms with van der Waals surface area (Å²) in [6.45, 7) is 3.18. The van der Waals surface area contributed by atoms with E-state index >= 15 is 0 Å². The average Bonchev–Trinajstić information content (AvgIpc) is 3.66. The van der Waals surface area contributed by atoms with E-state index in [1.807, 2.05) is 78.6 Å². The van der Waals surface area contributed by atoms with Crippen molar-refractivity contribution in [1.82, 2.24) is 9.47 Å². The molecule has 3 aromatic carbocycles. The zero-order valence-corrected chi connectivity index (χ0v) is 23.4. The van der Waals surface area contributed by atoms with Crippen LogP contribution in [0.4, 0.5) is 5.69 Å². The fourth-order valence-electron chi connectivity index (χ4n) is 5.35. The van der Waals surface area contributed by atoms with Gasteiger partial charge in [0.25, 0.3) is 5.91 Å². The molecule has 2 aliphatic rings. The monoisotopic (exact) mass is 555 g/mol. The summed E-state index contributed by atoms with van der Waals surface area (Å²) in [6.07, 6.45) is 8.52. The number of thioether (sulfide) groups is 1. The highest BCUT2D eigenvalue weighted by molar-refractivity contribution is 8.18. The molecule has 4 aromatic rings. The smallest absolute Gasteiger partial charge is 0.267 e. The van der Waals surface area contributed by atoms with Crippen molar-refractivity contribution in [3.8, 4) is 5.75 Å². The molecule has 0 atom stereocenters. The Kier molecular flexibility index (Phi) is 7.49. The highest BCUT2D eigenvalue weighted by Crippen LogP contribution is 2.39. The molecule has 39 heavy (non-hydrogen) atoms. The molecule has 2 fully saturated rings. The van der Waals surface area contributed by atoms with Gasteiger partial charge in [-0.05, 0) is 79.6 Å². The number of rotatable bonds is 7. The number of carbonyl (C=O) groups is 1. The minimum Gasteiger partial charge on any atom is -0.492 e. The Morgan fingerprint density at radius 3 is 2.62 bits per heavy atom. The van der Waals surface area contributed by atoms with Crippen molar-refractivity contribution in [2.24, 2.45) is 4.99 Å². The average molecular weight is 556 g/mol. The molecule has 1 aromatic heterocycles. The van der Waals surface area contributed by atoms with Gasteiger partial charge >= 0.3 is 0 Å². The molecule has 198 valence electrons. The molecule has 6 rings (SSSR count). The van der Waals surface area contributed by atoms with Gasteiger partial charge in [0.05, 0.1) is 17.1 Å². The molecule has 0 unspecified atom stereocenters. The number of carbonyl (C=O) groups excluding carboxylic acids is 1. The third-order valence-corrected chi connectivity index (χ3v) is 8.75. The summed E-state index contributed by atoms with van der Waals surface area (Å²) in [7, 11) is 0. The molecule has 1 saturated carbocycles. The number of aryl methyl sites for hydroxylation is 1. The minimum absolute atomic E-state index is 0.0554. The first-order valence-corrected chi connectivity index (χ1v) is 14.6. The van der Waals surface area contributed by atoms with Gasteiger partial charge in [-0.15, -0.1) is 0 Å². The Bertz CT molecular complexity index is 1570. The molecule has 0 spiro atoms. The van der Waals surface area contributed by atoms with Crippen LogP contribution in [-0.2, 0) is 11.3 Å². The lowest BCUT2D eigenvalue weighted by Crippen LogP contribution is -2.37. The molecule has 7 heteroatoms. The molecule has 1 aliphatic heterocycles. The number of ether oxygens (including phenoxy) is 1. The normalized spacial score (nSPS) is 18.2. The second-order valence-corrected chi connectivity index (χ2v) is 11.4. The van der Waals surface area contributed by atoms with Gasteiger partial charge in [-0.3, -0.25) is 9.69 Å². The SMILES string of the molecule is Cc1cc(OCCn2cc(/C=C3/SC(=Nc4ccccc4)N(C4CCCC4)C3=O)c3ccccc32)ccc1Cl. The van der Waals surface area contributed by atoms with E-state index in [4.69, 9.17) is 21.3 Å². The Balaban J connectivity index is 1.28. The number of fused-ring (bicyclic) bond motifs is 1. The topological polar surface area (TPSA) is 46.8 Å². The predicted molar refractivity (Wildman–Crippen MR) is 162 cm³/mol. The summed E-state index contributed by atoms with van der Waals surface area (Å²) in [6, 6.07) is 24.1. The number of aromatic nitrogens is 1. The Morgan fingerprint density at radius 1 is 1.05 bits per heavy atom. The van der Waals surface area contributed by atoms with Gasteiger partial charge in [-0.2, -0.15) is 0 Å². The lowest BCUT2D eigenvalue weighted by atomic mass is 10.1. The molecular weight excluding hydrogens is 526 g/mol. The third-order valence-electron chi connectivity index (χ3n) is 7.34. The summed E-state index contributed by atoms with van der Waals surface area (Å²) >= 11 is 7.63. The predicted octanol–water partition coefficient (Wildman–Crippen LogP) is 8.23. The first kappa shape index (κ1) is 25.8. The second-order valence-electron chi connectivity index (χ2n) is 10.0. The molecule has 0 bridgehead atoms. The van der Waals surface area contributed by atoms with Crippen LogP contribution in [0.15, 0.2) is 88.9 Å². The maximum atomic E-state index is 13.7. The standard InChI is InChI=1S/C32H30ClN3O2S/c1-22-19-26(15-16-28(22)33)38-18-17-35-21-23(27-13-7-8-14-29(27)35)20-30-31(37)36(25-11-5-6-12-25)32(39-30)34-24-9-3-2-4-10-24/h2-4,7-10,13-16,19-21,25H,5-6,11-12,17-18H2,1H3/b30-20+,34-32?. The minimum atomic E-state index is 0.0554. The van der Waals surface area contributed by atoms with Crippen molar-refractivity contribution in [3.63, 3.8) is 0 Å². The van der Waals surface area contributed by atoms with Crippen LogP contribution in [0.25, 0.3) is 17.0 Å². The van der Waals surface area contributed by atoms with Gasteiger partial charge < -0.3 is 9.30 Å². The molecule has 1 amide bonds. The number of amidine groups is 1. The fraction of sp³-hybridized carbons (Fsp3) is 0.250. The van der Waals surface area contributed by atoms with Crippen molar-refractivity contribution in [2.45, 2.75) is 45.2 Å². The van der Waals surface area contributed by atoms with Crippen LogP contribution < -0.4 is 4.74 Å². The molecule has 0 radical (unpaired) electrons. The maximum Gasteiger partial charge on any atom is 0.267 e. The van der Waals surface area contributed by atoms with E-state index in [1.54, 1.807) is 0 Å². The van der Waals surface area contributed by atoms with Crippen molar-refractivity contribution >= 4 is 57.1 Å². The van der Waals surface area contributed by atoms with Gasteiger partial charge in [0.15, 0.2) is 5.17 Å². The van der Waals surface area contributed by atoms with E-state index in [1.165, 1.54) is 11.8 Å². The van der Waals surface area contributed by atoms with Gasteiger partial charge in [0, 0.05) is 33.7 Å². The quantitative estimate of drug-likeness (QED) is 0.216. The molecular formula is C32H30ClN3O2S. The molecule has 5 nitrogen and oxygen atoms in total. The van der Waals surface area contributed by atoms with Crippen LogP contribution in [0, 0.1) is 6.92 Å². The summed E-state index contributed by atoms with van der Waals surface area (Å²) in [5.74, 6) is 0.862. The van der Waals surface area contributed by atoms with Gasteiger partial charge in [0.2, 0.25) is 0 Å². The highest BCUT2D eigenvalue weighted by atomic mass is 35.5. The second kappa shape index (κ2) is 11.3. The van der Waals surface area contributed by atoms with E-state index in [0.717, 1.165) is 69.3 Å². The van der Waals surface area contributed by atoms with Gasteiger partial charge in [-0.25, -0.2) is 4.99 Å². The van der Waals surface area contributed by atoms with Crippen molar-refractivity contribution in [3.05, 3.63) is 100 Å². The van der Waals surface area contributed by atoms with Crippen LogP contribution >= 0.6 is 23.4 Å². The lowest BCUT2D eigenvalue weighted by molar-refractivity contribution is -0.123. The zero-order valence-electron chi connectivity index (χ0n) is 21.8. The fourth-order valence-corrected chi connectivity index (χ4v) is 6.51. The summed E-state index contributed by atoms with van der Waals surface area (Å²) in [5, 5.41) is 2.63. The van der Waals surface area contributed by atoms with Crippen molar-refractivity contribution in [1.29, 1.82) is 0 Å². The number of para-hydroxylation sites is 2. The van der Waals surface area contributed by atoms with E-state index in [9.17, 15) is 4.79 Å². The first-order valence-electron chi connectivity index (χ1n) is 13.4. The number of hydrogen-bond donors (Lipinski definition) is 0. The molecule has 1 saturated heterocycles. The van der Waals surface area contributed by atoms with Crippen LogP contribution in [-0.4, -0.2) is 33.2 Å². The highest BCUT2D eigenvalue weighted by Gasteiger charge is 2.39. The molecule has 1 aliphatic carbocycles. The van der Waals surface area contributed by atoms with Crippen LogP contribution in [0.2, 0.25) is 5.02 Å². The summed E-state index contributed by atoms with van der Waals surface area (Å²) in [4.78, 5) is 21.3. The number of aliphatic imine (C=N–C) groups is 1. The van der Waals surface area contributed by atoms with E-state index in [-0.39, 0.29) is 11.9 Å². The van der Waals surface area contributed by atoms with Crippen LogP contribution in [0.1, 0.15) is 36.8 Å². The molecule has 2 heterocycles. The first-order chi connectivity index (χ1) is 19.1. The van der Waals surface area contributed by atoms with Crippen LogP contribution in [0.5, 0.6) is 5.75 Å². The Morgan fingerprint density at radius 2 is 1.82 bits per heavy atom. The van der Waals surface area contributed by atoms with Crippen LogP contribution in [0.3, 0.4) is 0 Å². The van der Waals surface area contributed by atoms with Gasteiger partial charge in [0.1, 0.15) is 12.4 Å². The zero-order chi connectivity index (χ0) is 26.8. The summed E-state index contributed by atoms with van der Waals surface area (Å²) < 4.78 is 8.22. The Labute approximate surface area is 238 Å². The van der Waals surface area contributed by atoms with Gasteiger partial charge in [-0.1, -0.05) is 60.8 Å². The third kappa shape index (κ3) is 5.49. The van der Waals surface area contributed by atoms with E-state index in [0.29, 0.717) is 18.1 Å². The number of amides is 1. The molecule has 0 N–H and O–H groups in total. The Hall–Kier alpha value is -3.48.